The standard InChI is InChI=1S/C8H8IN3/c1-5-3-4-10-8-7(5)12(9)6(2)11-8/h3-4H,1-2H3. The van der Waals surface area contributed by atoms with E-state index in [-0.39, 0.29) is 0 Å². The minimum Gasteiger partial charge on any atom is -0.266 e. The van der Waals surface area contributed by atoms with Gasteiger partial charge in [-0.3, -0.25) is 2.78 Å². The zero-order valence-electron chi connectivity index (χ0n) is 6.87. The highest BCUT2D eigenvalue weighted by molar-refractivity contribution is 14.1. The van der Waals surface area contributed by atoms with Gasteiger partial charge in [-0.25, -0.2) is 9.97 Å². The van der Waals surface area contributed by atoms with Crippen LogP contribution in [-0.2, 0) is 0 Å². The van der Waals surface area contributed by atoms with Crippen LogP contribution in [0.15, 0.2) is 12.3 Å². The van der Waals surface area contributed by atoms with Crippen molar-refractivity contribution in [3.05, 3.63) is 23.7 Å². The Morgan fingerprint density at radius 2 is 2.17 bits per heavy atom. The number of nitrogens with zero attached hydrogens (tertiary/aromatic N) is 3. The normalized spacial score (nSPS) is 10.9. The molecular formula is C8H8IN3. The number of imidazole rings is 1. The molecule has 0 spiro atoms. The topological polar surface area (TPSA) is 30.7 Å². The van der Waals surface area contributed by atoms with Crippen molar-refractivity contribution in [2.45, 2.75) is 13.8 Å². The van der Waals surface area contributed by atoms with Gasteiger partial charge in [0.15, 0.2) is 5.65 Å². The molecule has 2 rings (SSSR count). The van der Waals surface area contributed by atoms with Crippen LogP contribution in [0.4, 0.5) is 0 Å². The highest BCUT2D eigenvalue weighted by Crippen LogP contribution is 2.19. The molecule has 0 aromatic carbocycles. The molecule has 0 N–H and O–H groups in total. The summed E-state index contributed by atoms with van der Waals surface area (Å²) in [6.07, 6.45) is 1.79. The van der Waals surface area contributed by atoms with E-state index >= 15 is 0 Å². The van der Waals surface area contributed by atoms with Gasteiger partial charge in [0.2, 0.25) is 0 Å². The van der Waals surface area contributed by atoms with Crippen molar-refractivity contribution in [1.82, 2.24) is 12.7 Å². The van der Waals surface area contributed by atoms with Crippen LogP contribution >= 0.6 is 22.9 Å². The third-order valence-electron chi connectivity index (χ3n) is 1.85. The maximum absolute atomic E-state index is 4.32. The predicted octanol–water partition coefficient (Wildman–Crippen LogP) is 2.25. The van der Waals surface area contributed by atoms with Gasteiger partial charge >= 0.3 is 0 Å². The van der Waals surface area contributed by atoms with Gasteiger partial charge in [0.05, 0.1) is 28.4 Å². The zero-order valence-corrected chi connectivity index (χ0v) is 9.03. The molecule has 2 aromatic rings. The van der Waals surface area contributed by atoms with Crippen LogP contribution in [0.3, 0.4) is 0 Å². The molecule has 0 fully saturated rings. The highest BCUT2D eigenvalue weighted by atomic mass is 127. The number of rotatable bonds is 0. The molecule has 0 saturated heterocycles. The lowest BCUT2D eigenvalue weighted by molar-refractivity contribution is 1.14. The molecule has 0 radical (unpaired) electrons. The summed E-state index contributed by atoms with van der Waals surface area (Å²) < 4.78 is 2.04. The summed E-state index contributed by atoms with van der Waals surface area (Å²) in [6, 6.07) is 2.00. The van der Waals surface area contributed by atoms with Crippen LogP contribution in [0.2, 0.25) is 0 Å². The fourth-order valence-corrected chi connectivity index (χ4v) is 1.92. The number of hydrogen-bond donors (Lipinski definition) is 0. The first kappa shape index (κ1) is 7.97. The van der Waals surface area contributed by atoms with E-state index in [1.165, 1.54) is 5.56 Å². The summed E-state index contributed by atoms with van der Waals surface area (Å²) in [5.41, 5.74) is 3.17. The van der Waals surface area contributed by atoms with Crippen molar-refractivity contribution < 1.29 is 0 Å². The summed E-state index contributed by atoms with van der Waals surface area (Å²) in [5.74, 6) is 0.993. The van der Waals surface area contributed by atoms with Crippen molar-refractivity contribution >= 4 is 34.0 Å². The second-order valence-corrected chi connectivity index (χ2v) is 3.70. The van der Waals surface area contributed by atoms with Gasteiger partial charge in [0, 0.05) is 6.20 Å². The first-order chi connectivity index (χ1) is 5.70. The first-order valence-electron chi connectivity index (χ1n) is 3.67. The number of aromatic nitrogens is 3. The van der Waals surface area contributed by atoms with E-state index in [4.69, 9.17) is 0 Å². The number of pyridine rings is 1. The minimum absolute atomic E-state index is 0.835. The van der Waals surface area contributed by atoms with Crippen LogP contribution in [0.25, 0.3) is 11.2 Å². The van der Waals surface area contributed by atoms with E-state index in [0.717, 1.165) is 17.0 Å². The fourth-order valence-electron chi connectivity index (χ4n) is 1.22. The Balaban J connectivity index is 2.97. The van der Waals surface area contributed by atoms with E-state index < -0.39 is 0 Å². The van der Waals surface area contributed by atoms with Crippen LogP contribution in [0.5, 0.6) is 0 Å². The molecule has 0 aliphatic carbocycles. The van der Waals surface area contributed by atoms with Crippen LogP contribution in [0.1, 0.15) is 11.4 Å². The van der Waals surface area contributed by atoms with Gasteiger partial charge in [-0.2, -0.15) is 0 Å². The van der Waals surface area contributed by atoms with E-state index in [1.807, 2.05) is 15.8 Å². The molecule has 4 heteroatoms. The van der Waals surface area contributed by atoms with E-state index in [0.29, 0.717) is 0 Å². The molecule has 0 atom stereocenters. The maximum Gasteiger partial charge on any atom is 0.178 e. The molecular weight excluding hydrogens is 265 g/mol. The number of fused-ring (bicyclic) bond motifs is 1. The van der Waals surface area contributed by atoms with Crippen molar-refractivity contribution in [2.24, 2.45) is 0 Å². The molecule has 3 nitrogen and oxygen atoms in total. The van der Waals surface area contributed by atoms with Crippen molar-refractivity contribution in [3.63, 3.8) is 0 Å². The average molecular weight is 273 g/mol. The third-order valence-corrected chi connectivity index (χ3v) is 3.04. The molecule has 62 valence electrons. The number of halogens is 1. The van der Waals surface area contributed by atoms with Gasteiger partial charge in [0.25, 0.3) is 0 Å². The van der Waals surface area contributed by atoms with Crippen molar-refractivity contribution in [3.8, 4) is 0 Å². The van der Waals surface area contributed by atoms with Gasteiger partial charge < -0.3 is 0 Å². The van der Waals surface area contributed by atoms with Crippen molar-refractivity contribution in [1.29, 1.82) is 0 Å². The summed E-state index contributed by atoms with van der Waals surface area (Å²) >= 11 is 2.24. The van der Waals surface area contributed by atoms with E-state index in [1.54, 1.807) is 6.20 Å². The number of hydrogen-bond acceptors (Lipinski definition) is 2. The Hall–Kier alpha value is -0.650. The van der Waals surface area contributed by atoms with E-state index in [9.17, 15) is 0 Å². The molecule has 0 bridgehead atoms. The Bertz CT molecular complexity index is 433. The first-order valence-corrected chi connectivity index (χ1v) is 4.63. The van der Waals surface area contributed by atoms with E-state index in [2.05, 4.69) is 39.8 Å². The SMILES string of the molecule is Cc1ccnc2nc(C)n(I)c12. The predicted molar refractivity (Wildman–Crippen MR) is 56.4 cm³/mol. The van der Waals surface area contributed by atoms with Gasteiger partial charge in [-0.15, -0.1) is 0 Å². The van der Waals surface area contributed by atoms with Gasteiger partial charge in [0.1, 0.15) is 5.82 Å². The lowest BCUT2D eigenvalue weighted by atomic mass is 10.3. The Morgan fingerprint density at radius 1 is 1.42 bits per heavy atom. The smallest absolute Gasteiger partial charge is 0.178 e. The van der Waals surface area contributed by atoms with Gasteiger partial charge in [-0.1, -0.05) is 0 Å². The molecule has 0 aliphatic rings. The summed E-state index contributed by atoms with van der Waals surface area (Å²) in [6.45, 7) is 4.05. The Kier molecular flexibility index (Phi) is 1.79. The third kappa shape index (κ3) is 1.01. The Labute approximate surface area is 84.3 Å². The molecule has 12 heavy (non-hydrogen) atoms. The Morgan fingerprint density at radius 3 is 2.83 bits per heavy atom. The largest absolute Gasteiger partial charge is 0.266 e. The minimum atomic E-state index is 0.835. The van der Waals surface area contributed by atoms with Crippen LogP contribution < -0.4 is 0 Å². The molecule has 0 aliphatic heterocycles. The maximum atomic E-state index is 4.32. The summed E-state index contributed by atoms with van der Waals surface area (Å²) in [5, 5.41) is 0. The average Bonchev–Trinajstić information content (AvgIpc) is 2.29. The molecule has 2 aromatic heterocycles. The second kappa shape index (κ2) is 2.69. The lowest BCUT2D eigenvalue weighted by Gasteiger charge is -1.96. The van der Waals surface area contributed by atoms with Crippen LogP contribution in [-0.4, -0.2) is 12.7 Å². The molecule has 0 amide bonds. The van der Waals surface area contributed by atoms with Gasteiger partial charge in [-0.05, 0) is 25.5 Å². The summed E-state index contributed by atoms with van der Waals surface area (Å²) in [7, 11) is 0. The van der Waals surface area contributed by atoms with Crippen LogP contribution in [0, 0.1) is 13.8 Å². The molecule has 0 unspecified atom stereocenters. The molecule has 0 saturated carbocycles. The highest BCUT2D eigenvalue weighted by Gasteiger charge is 2.07. The monoisotopic (exact) mass is 273 g/mol. The van der Waals surface area contributed by atoms with Crippen molar-refractivity contribution in [2.75, 3.05) is 0 Å². The zero-order chi connectivity index (χ0) is 8.72. The lowest BCUT2D eigenvalue weighted by Crippen LogP contribution is -1.84. The quantitative estimate of drug-likeness (QED) is 0.689. The number of aryl methyl sites for hydroxylation is 2. The second-order valence-electron chi connectivity index (χ2n) is 2.74. The fraction of sp³-hybridized carbons (Fsp3) is 0.250. The molecule has 2 heterocycles. The summed E-state index contributed by atoms with van der Waals surface area (Å²) in [4.78, 5) is 8.50.